The molecule has 0 saturated carbocycles. The van der Waals surface area contributed by atoms with Crippen LogP contribution < -0.4 is 10.3 Å². The highest BCUT2D eigenvalue weighted by Gasteiger charge is 2.26. The SMILES string of the molecule is CC/C(C)=N/Nc1nc2c(N3CCN(C(=O)c4ccccc4F)CC3)c(Cl)ccc2s1. The lowest BCUT2D eigenvalue weighted by atomic mass is 10.1. The Morgan fingerprint density at radius 2 is 1.97 bits per heavy atom. The maximum Gasteiger partial charge on any atom is 0.256 e. The fourth-order valence-corrected chi connectivity index (χ4v) is 4.55. The van der Waals surface area contributed by atoms with Crippen LogP contribution in [0.2, 0.25) is 5.02 Å². The summed E-state index contributed by atoms with van der Waals surface area (Å²) >= 11 is 8.08. The Hall–Kier alpha value is -2.71. The number of carbonyl (C=O) groups is 1. The number of amides is 1. The smallest absolute Gasteiger partial charge is 0.256 e. The van der Waals surface area contributed by atoms with Gasteiger partial charge in [0.25, 0.3) is 5.91 Å². The number of anilines is 2. The highest BCUT2D eigenvalue weighted by atomic mass is 35.5. The van der Waals surface area contributed by atoms with Crippen LogP contribution in [0.1, 0.15) is 30.6 Å². The molecule has 0 aliphatic carbocycles. The third-order valence-electron chi connectivity index (χ3n) is 5.33. The van der Waals surface area contributed by atoms with Crippen LogP contribution in [-0.2, 0) is 0 Å². The Bertz CT molecular complexity index is 1140. The monoisotopic (exact) mass is 459 g/mol. The van der Waals surface area contributed by atoms with Crippen molar-refractivity contribution in [3.05, 3.63) is 52.8 Å². The maximum absolute atomic E-state index is 14.0. The minimum absolute atomic E-state index is 0.106. The fourth-order valence-electron chi connectivity index (χ4n) is 3.46. The molecule has 0 spiro atoms. The van der Waals surface area contributed by atoms with E-state index in [4.69, 9.17) is 16.6 Å². The number of halogens is 2. The molecule has 1 aromatic heterocycles. The Labute approximate surface area is 189 Å². The number of aromatic nitrogens is 1. The van der Waals surface area contributed by atoms with Gasteiger partial charge in [0.2, 0.25) is 5.13 Å². The molecule has 4 rings (SSSR count). The lowest BCUT2D eigenvalue weighted by Crippen LogP contribution is -2.49. The minimum atomic E-state index is -0.494. The normalized spacial score (nSPS) is 14.9. The number of rotatable bonds is 5. The molecule has 0 unspecified atom stereocenters. The molecule has 1 aliphatic heterocycles. The van der Waals surface area contributed by atoms with Crippen molar-refractivity contribution in [2.45, 2.75) is 20.3 Å². The third-order valence-corrected chi connectivity index (χ3v) is 6.56. The Morgan fingerprint density at radius 1 is 1.23 bits per heavy atom. The summed E-state index contributed by atoms with van der Waals surface area (Å²) in [6.07, 6.45) is 0.866. The van der Waals surface area contributed by atoms with Gasteiger partial charge in [-0.25, -0.2) is 9.37 Å². The highest BCUT2D eigenvalue weighted by molar-refractivity contribution is 7.22. The number of benzene rings is 2. The third kappa shape index (κ3) is 4.50. The van der Waals surface area contributed by atoms with Crippen molar-refractivity contribution in [2.24, 2.45) is 5.10 Å². The standard InChI is InChI=1S/C22H23ClFN5OS/c1-3-14(2)26-27-22-25-19-18(31-22)9-8-16(23)20(19)28-10-12-29(13-11-28)21(30)15-6-4-5-7-17(15)24/h4-9H,3,10-13H2,1-2H3,(H,25,27)/b26-14+. The molecule has 31 heavy (non-hydrogen) atoms. The van der Waals surface area contributed by atoms with Crippen molar-refractivity contribution in [3.63, 3.8) is 0 Å². The first-order valence-electron chi connectivity index (χ1n) is 10.1. The number of hydrazone groups is 1. The molecule has 0 bridgehead atoms. The van der Waals surface area contributed by atoms with Crippen LogP contribution in [0.4, 0.5) is 15.2 Å². The molecular formula is C22H23ClFN5OS. The number of carbonyl (C=O) groups excluding carboxylic acids is 1. The van der Waals surface area contributed by atoms with Gasteiger partial charge in [0.1, 0.15) is 11.3 Å². The second-order valence-corrected chi connectivity index (χ2v) is 8.77. The molecule has 3 aromatic rings. The lowest BCUT2D eigenvalue weighted by Gasteiger charge is -2.36. The zero-order chi connectivity index (χ0) is 22.0. The van der Waals surface area contributed by atoms with Crippen molar-refractivity contribution < 1.29 is 9.18 Å². The molecule has 1 amide bonds. The first kappa shape index (κ1) is 21.5. The van der Waals surface area contributed by atoms with E-state index in [1.807, 2.05) is 26.0 Å². The first-order chi connectivity index (χ1) is 15.0. The van der Waals surface area contributed by atoms with Crippen LogP contribution >= 0.6 is 22.9 Å². The van der Waals surface area contributed by atoms with E-state index in [2.05, 4.69) is 15.4 Å². The summed E-state index contributed by atoms with van der Waals surface area (Å²) in [7, 11) is 0. The summed E-state index contributed by atoms with van der Waals surface area (Å²) in [4.78, 5) is 21.2. The van der Waals surface area contributed by atoms with Crippen molar-refractivity contribution in [2.75, 3.05) is 36.5 Å². The van der Waals surface area contributed by atoms with Crippen molar-refractivity contribution in [3.8, 4) is 0 Å². The average Bonchev–Trinajstić information content (AvgIpc) is 3.20. The zero-order valence-electron chi connectivity index (χ0n) is 17.4. The summed E-state index contributed by atoms with van der Waals surface area (Å²) < 4.78 is 15.0. The topological polar surface area (TPSA) is 60.8 Å². The molecule has 162 valence electrons. The number of nitrogens with zero attached hydrogens (tertiary/aromatic N) is 4. The Balaban J connectivity index is 1.53. The van der Waals surface area contributed by atoms with Crippen LogP contribution in [0.5, 0.6) is 0 Å². The van der Waals surface area contributed by atoms with E-state index >= 15 is 0 Å². The van der Waals surface area contributed by atoms with Crippen LogP contribution in [0.15, 0.2) is 41.5 Å². The molecule has 1 fully saturated rings. The number of thiazole rings is 1. The molecule has 1 aliphatic rings. The van der Waals surface area contributed by atoms with Gasteiger partial charge in [-0.15, -0.1) is 0 Å². The van der Waals surface area contributed by atoms with E-state index in [9.17, 15) is 9.18 Å². The van der Waals surface area contributed by atoms with E-state index in [0.29, 0.717) is 36.3 Å². The van der Waals surface area contributed by atoms with Gasteiger partial charge in [0, 0.05) is 31.9 Å². The van der Waals surface area contributed by atoms with E-state index < -0.39 is 5.82 Å². The molecular weight excluding hydrogens is 437 g/mol. The van der Waals surface area contributed by atoms with Gasteiger partial charge in [-0.05, 0) is 37.6 Å². The van der Waals surface area contributed by atoms with E-state index in [1.54, 1.807) is 17.0 Å². The Kier molecular flexibility index (Phi) is 6.38. The number of hydrogen-bond acceptors (Lipinski definition) is 6. The van der Waals surface area contributed by atoms with E-state index in [-0.39, 0.29) is 11.5 Å². The summed E-state index contributed by atoms with van der Waals surface area (Å²) in [5, 5.41) is 5.66. The highest BCUT2D eigenvalue weighted by Crippen LogP contribution is 2.38. The molecule has 0 radical (unpaired) electrons. The van der Waals surface area contributed by atoms with Gasteiger partial charge >= 0.3 is 0 Å². The van der Waals surface area contributed by atoms with Crippen molar-refractivity contribution in [1.29, 1.82) is 0 Å². The number of fused-ring (bicyclic) bond motifs is 1. The minimum Gasteiger partial charge on any atom is -0.365 e. The van der Waals surface area contributed by atoms with Crippen LogP contribution in [0, 0.1) is 5.82 Å². The largest absolute Gasteiger partial charge is 0.365 e. The fraction of sp³-hybridized carbons (Fsp3) is 0.318. The maximum atomic E-state index is 14.0. The summed E-state index contributed by atoms with van der Waals surface area (Å²) in [6.45, 7) is 6.15. The second-order valence-electron chi connectivity index (χ2n) is 7.33. The van der Waals surface area contributed by atoms with Crippen molar-refractivity contribution >= 4 is 55.6 Å². The Morgan fingerprint density at radius 3 is 2.68 bits per heavy atom. The first-order valence-corrected chi connectivity index (χ1v) is 11.3. The quantitative estimate of drug-likeness (QED) is 0.418. The molecule has 6 nitrogen and oxygen atoms in total. The molecule has 1 saturated heterocycles. The second kappa shape index (κ2) is 9.20. The van der Waals surface area contributed by atoms with Gasteiger partial charge in [0.15, 0.2) is 0 Å². The van der Waals surface area contributed by atoms with Gasteiger partial charge < -0.3 is 9.80 Å². The van der Waals surface area contributed by atoms with E-state index in [1.165, 1.54) is 23.5 Å². The van der Waals surface area contributed by atoms with Gasteiger partial charge in [-0.1, -0.05) is 42.0 Å². The lowest BCUT2D eigenvalue weighted by molar-refractivity contribution is 0.0742. The predicted octanol–water partition coefficient (Wildman–Crippen LogP) is 5.25. The molecule has 9 heteroatoms. The van der Waals surface area contributed by atoms with Crippen molar-refractivity contribution in [1.82, 2.24) is 9.88 Å². The molecule has 1 N–H and O–H groups in total. The molecule has 2 heterocycles. The van der Waals surface area contributed by atoms with Crippen LogP contribution in [-0.4, -0.2) is 47.7 Å². The summed E-state index contributed by atoms with van der Waals surface area (Å²) in [6, 6.07) is 9.92. The molecule has 2 aromatic carbocycles. The summed E-state index contributed by atoms with van der Waals surface area (Å²) in [5.41, 5.74) is 5.80. The van der Waals surface area contributed by atoms with Gasteiger partial charge in [-0.2, -0.15) is 5.10 Å². The van der Waals surface area contributed by atoms with E-state index in [0.717, 1.165) is 28.0 Å². The van der Waals surface area contributed by atoms with Crippen LogP contribution in [0.3, 0.4) is 0 Å². The van der Waals surface area contributed by atoms with Crippen LogP contribution in [0.25, 0.3) is 10.2 Å². The number of hydrogen-bond donors (Lipinski definition) is 1. The zero-order valence-corrected chi connectivity index (χ0v) is 18.9. The number of piperazine rings is 1. The predicted molar refractivity (Wildman–Crippen MR) is 126 cm³/mol. The average molecular weight is 460 g/mol. The summed E-state index contributed by atoms with van der Waals surface area (Å²) in [5.74, 6) is -0.780. The van der Waals surface area contributed by atoms with Gasteiger partial charge in [0.05, 0.1) is 21.0 Å². The van der Waals surface area contributed by atoms with Gasteiger partial charge in [-0.3, -0.25) is 10.2 Å². The molecule has 0 atom stereocenters. The number of nitrogens with one attached hydrogen (secondary N) is 1.